The molecule has 33 heavy (non-hydrogen) atoms. The van der Waals surface area contributed by atoms with Crippen LogP contribution in [0, 0.1) is 18.3 Å². The molecule has 2 aromatic carbocycles. The summed E-state index contributed by atoms with van der Waals surface area (Å²) in [5, 5.41) is 4.35. The van der Waals surface area contributed by atoms with E-state index in [1.807, 2.05) is 31.2 Å². The third-order valence-corrected chi connectivity index (χ3v) is 7.51. The number of sulfonamides is 1. The van der Waals surface area contributed by atoms with Gasteiger partial charge in [0.2, 0.25) is 10.0 Å². The number of hydrogen-bond acceptors (Lipinski definition) is 4. The number of nitrogens with zero attached hydrogens (tertiary/aromatic N) is 2. The summed E-state index contributed by atoms with van der Waals surface area (Å²) in [6, 6.07) is 14.3. The van der Waals surface area contributed by atoms with Crippen LogP contribution in [0.3, 0.4) is 0 Å². The highest BCUT2D eigenvalue weighted by Gasteiger charge is 2.28. The summed E-state index contributed by atoms with van der Waals surface area (Å²) in [4.78, 5) is 12.6. The number of rotatable bonds is 6. The zero-order chi connectivity index (χ0) is 24.2. The molecule has 0 saturated heterocycles. The number of hydrogen-bond donors (Lipinski definition) is 1. The van der Waals surface area contributed by atoms with Gasteiger partial charge in [0.1, 0.15) is 0 Å². The first kappa shape index (κ1) is 25.0. The predicted octanol–water partition coefficient (Wildman–Crippen LogP) is 5.28. The number of nitrogens with one attached hydrogen (secondary N) is 1. The first-order valence-electron chi connectivity index (χ1n) is 11.4. The summed E-state index contributed by atoms with van der Waals surface area (Å²) >= 11 is 0. The molecule has 0 spiro atoms. The number of aryl methyl sites for hydroxylation is 1. The molecule has 0 aliphatic heterocycles. The van der Waals surface area contributed by atoms with Crippen LogP contribution in [0.2, 0.25) is 0 Å². The molecule has 178 valence electrons. The third-order valence-electron chi connectivity index (χ3n) is 6.37. The van der Waals surface area contributed by atoms with Gasteiger partial charge in [-0.2, -0.15) is 5.10 Å². The molecule has 1 aliphatic carbocycles. The summed E-state index contributed by atoms with van der Waals surface area (Å²) < 4.78 is 26.2. The Labute approximate surface area is 198 Å². The fourth-order valence-electron chi connectivity index (χ4n) is 4.16. The van der Waals surface area contributed by atoms with E-state index in [-0.39, 0.29) is 12.5 Å². The third kappa shape index (κ3) is 6.90. The summed E-state index contributed by atoms with van der Waals surface area (Å²) in [7, 11) is -3.49. The van der Waals surface area contributed by atoms with Gasteiger partial charge in [0.15, 0.2) is 0 Å². The van der Waals surface area contributed by atoms with Crippen LogP contribution in [-0.2, 0) is 16.6 Å². The van der Waals surface area contributed by atoms with Gasteiger partial charge in [-0.3, -0.25) is 9.10 Å². The van der Waals surface area contributed by atoms with E-state index in [9.17, 15) is 13.2 Å². The minimum atomic E-state index is -3.49. The Morgan fingerprint density at radius 1 is 1.03 bits per heavy atom. The van der Waals surface area contributed by atoms with Crippen molar-refractivity contribution in [3.8, 4) is 0 Å². The molecule has 3 rings (SSSR count). The molecule has 0 heterocycles. The first-order valence-corrected chi connectivity index (χ1v) is 13.3. The SMILES string of the molecule is Cc1ccc(CN(c2ccc(C(=O)NN=C3CCC(C(C)(C)C)CC3)cc2)S(C)(=O)=O)cc1. The lowest BCUT2D eigenvalue weighted by molar-refractivity contribution is 0.0954. The lowest BCUT2D eigenvalue weighted by Gasteiger charge is -2.34. The Morgan fingerprint density at radius 2 is 1.61 bits per heavy atom. The molecule has 0 radical (unpaired) electrons. The van der Waals surface area contributed by atoms with Gasteiger partial charge in [-0.1, -0.05) is 50.6 Å². The van der Waals surface area contributed by atoms with Gasteiger partial charge in [-0.05, 0) is 73.8 Å². The lowest BCUT2D eigenvalue weighted by Crippen LogP contribution is -2.29. The maximum Gasteiger partial charge on any atom is 0.271 e. The molecule has 2 aromatic rings. The molecule has 7 heteroatoms. The molecule has 0 aromatic heterocycles. The van der Waals surface area contributed by atoms with E-state index in [1.54, 1.807) is 24.3 Å². The van der Waals surface area contributed by atoms with E-state index >= 15 is 0 Å². The van der Waals surface area contributed by atoms with Gasteiger partial charge in [-0.15, -0.1) is 0 Å². The van der Waals surface area contributed by atoms with Crippen molar-refractivity contribution in [1.82, 2.24) is 5.43 Å². The quantitative estimate of drug-likeness (QED) is 0.584. The minimum absolute atomic E-state index is 0.230. The van der Waals surface area contributed by atoms with Crippen LogP contribution in [-0.4, -0.2) is 26.3 Å². The van der Waals surface area contributed by atoms with Crippen molar-refractivity contribution < 1.29 is 13.2 Å². The highest BCUT2D eigenvalue weighted by molar-refractivity contribution is 7.92. The fourth-order valence-corrected chi connectivity index (χ4v) is 5.05. The molecule has 1 amide bonds. The van der Waals surface area contributed by atoms with Crippen LogP contribution in [0.5, 0.6) is 0 Å². The first-order chi connectivity index (χ1) is 15.4. The standard InChI is InChI=1S/C26H35N3O3S/c1-19-6-8-20(9-7-19)18-29(33(5,31)32)24-16-10-21(11-17-24)25(30)28-27-23-14-12-22(13-15-23)26(2,3)4/h6-11,16-17,22H,12-15,18H2,1-5H3,(H,28,30). The van der Waals surface area contributed by atoms with Crippen LogP contribution < -0.4 is 9.73 Å². The summed E-state index contributed by atoms with van der Waals surface area (Å²) in [5.74, 6) is 0.383. The Balaban J connectivity index is 1.65. The van der Waals surface area contributed by atoms with Crippen LogP contribution in [0.15, 0.2) is 53.6 Å². The van der Waals surface area contributed by atoms with Gasteiger partial charge >= 0.3 is 0 Å². The second-order valence-corrected chi connectivity index (χ2v) is 12.0. The second-order valence-electron chi connectivity index (χ2n) is 10.1. The second kappa shape index (κ2) is 10.1. The Hall–Kier alpha value is -2.67. The molecule has 0 bridgehead atoms. The van der Waals surface area contributed by atoms with E-state index in [0.29, 0.717) is 22.6 Å². The molecular weight excluding hydrogens is 434 g/mol. The smallest absolute Gasteiger partial charge is 0.267 e. The van der Waals surface area contributed by atoms with Crippen molar-refractivity contribution >= 4 is 27.3 Å². The van der Waals surface area contributed by atoms with Crippen molar-refractivity contribution in [2.24, 2.45) is 16.4 Å². The van der Waals surface area contributed by atoms with E-state index in [4.69, 9.17) is 0 Å². The van der Waals surface area contributed by atoms with Crippen molar-refractivity contribution in [1.29, 1.82) is 0 Å². The van der Waals surface area contributed by atoms with Gasteiger partial charge in [0, 0.05) is 11.3 Å². The molecule has 0 atom stereocenters. The van der Waals surface area contributed by atoms with E-state index in [1.165, 1.54) is 10.6 Å². The molecular formula is C26H35N3O3S. The average Bonchev–Trinajstić information content (AvgIpc) is 2.76. The largest absolute Gasteiger partial charge is 0.271 e. The number of amides is 1. The molecule has 1 fully saturated rings. The number of anilines is 1. The van der Waals surface area contributed by atoms with E-state index in [0.717, 1.165) is 42.5 Å². The summed E-state index contributed by atoms with van der Waals surface area (Å²) in [5.41, 5.74) is 6.96. The highest BCUT2D eigenvalue weighted by Crippen LogP contribution is 2.36. The van der Waals surface area contributed by atoms with Gasteiger partial charge in [0.05, 0.1) is 18.5 Å². The van der Waals surface area contributed by atoms with E-state index in [2.05, 4.69) is 31.3 Å². The fraction of sp³-hybridized carbons (Fsp3) is 0.462. The monoisotopic (exact) mass is 469 g/mol. The normalized spacial score (nSPS) is 16.9. The predicted molar refractivity (Wildman–Crippen MR) is 135 cm³/mol. The van der Waals surface area contributed by atoms with Gasteiger partial charge < -0.3 is 0 Å². The van der Waals surface area contributed by atoms with E-state index < -0.39 is 10.0 Å². The van der Waals surface area contributed by atoms with Crippen molar-refractivity contribution in [3.63, 3.8) is 0 Å². The maximum atomic E-state index is 12.6. The van der Waals surface area contributed by atoms with Crippen LogP contribution >= 0.6 is 0 Å². The summed E-state index contributed by atoms with van der Waals surface area (Å²) in [6.45, 7) is 9.04. The number of benzene rings is 2. The number of carbonyl (C=O) groups excluding carboxylic acids is 1. The van der Waals surface area contributed by atoms with Gasteiger partial charge in [0.25, 0.3) is 5.91 Å². The van der Waals surface area contributed by atoms with Crippen molar-refractivity contribution in [2.45, 2.75) is 59.9 Å². The van der Waals surface area contributed by atoms with Crippen LogP contribution in [0.25, 0.3) is 0 Å². The molecule has 1 saturated carbocycles. The topological polar surface area (TPSA) is 78.8 Å². The Bertz CT molecular complexity index is 1090. The molecule has 0 unspecified atom stereocenters. The highest BCUT2D eigenvalue weighted by atomic mass is 32.2. The zero-order valence-corrected chi connectivity index (χ0v) is 21.1. The van der Waals surface area contributed by atoms with Crippen molar-refractivity contribution in [2.75, 3.05) is 10.6 Å². The number of carbonyl (C=O) groups is 1. The van der Waals surface area contributed by atoms with Crippen molar-refractivity contribution in [3.05, 3.63) is 65.2 Å². The Kier molecular flexibility index (Phi) is 7.62. The number of hydrazone groups is 1. The molecule has 6 nitrogen and oxygen atoms in total. The summed E-state index contributed by atoms with van der Waals surface area (Å²) in [6.07, 6.45) is 5.18. The maximum absolute atomic E-state index is 12.6. The van der Waals surface area contributed by atoms with Crippen LogP contribution in [0.1, 0.15) is 67.9 Å². The minimum Gasteiger partial charge on any atom is -0.267 e. The lowest BCUT2D eigenvalue weighted by atomic mass is 9.72. The average molecular weight is 470 g/mol. The van der Waals surface area contributed by atoms with Crippen LogP contribution in [0.4, 0.5) is 5.69 Å². The Morgan fingerprint density at radius 3 is 2.12 bits per heavy atom. The molecule has 1 N–H and O–H groups in total. The zero-order valence-electron chi connectivity index (χ0n) is 20.3. The van der Waals surface area contributed by atoms with Gasteiger partial charge in [-0.25, -0.2) is 13.8 Å². The molecule has 1 aliphatic rings.